The average Bonchev–Trinajstić information content (AvgIpc) is 2.42. The molecule has 19 heavy (non-hydrogen) atoms. The highest BCUT2D eigenvalue weighted by Crippen LogP contribution is 2.26. The van der Waals surface area contributed by atoms with E-state index in [9.17, 15) is 0 Å². The van der Waals surface area contributed by atoms with Gasteiger partial charge in [0.1, 0.15) is 0 Å². The zero-order valence-electron chi connectivity index (χ0n) is 11.8. The van der Waals surface area contributed by atoms with Gasteiger partial charge in [0.25, 0.3) is 0 Å². The largest absolute Gasteiger partial charge is 0.308 e. The van der Waals surface area contributed by atoms with Crippen LogP contribution in [-0.2, 0) is 0 Å². The Morgan fingerprint density at radius 3 is 2.84 bits per heavy atom. The van der Waals surface area contributed by atoms with E-state index in [1.54, 1.807) is 0 Å². The molecular weight excluding hydrogens is 232 g/mol. The fourth-order valence-electron chi connectivity index (χ4n) is 2.35. The van der Waals surface area contributed by atoms with Crippen molar-refractivity contribution in [3.8, 4) is 0 Å². The van der Waals surface area contributed by atoms with Crippen LogP contribution in [0.5, 0.6) is 0 Å². The van der Waals surface area contributed by atoms with Gasteiger partial charge in [-0.05, 0) is 37.8 Å². The van der Waals surface area contributed by atoms with Gasteiger partial charge in [0.05, 0.1) is 11.7 Å². The van der Waals surface area contributed by atoms with Crippen molar-refractivity contribution in [3.63, 3.8) is 0 Å². The second-order valence-electron chi connectivity index (χ2n) is 5.09. The summed E-state index contributed by atoms with van der Waals surface area (Å²) in [6.45, 7) is 9.30. The van der Waals surface area contributed by atoms with Crippen LogP contribution >= 0.6 is 0 Å². The number of fused-ring (bicyclic) bond motifs is 1. The molecule has 0 aliphatic carbocycles. The predicted octanol–water partition coefficient (Wildman–Crippen LogP) is 4.24. The summed E-state index contributed by atoms with van der Waals surface area (Å²) in [6.07, 6.45) is 3.95. The molecule has 1 atom stereocenters. The van der Waals surface area contributed by atoms with Crippen LogP contribution < -0.4 is 5.32 Å². The predicted molar refractivity (Wildman–Crippen MR) is 82.2 cm³/mol. The standard InChI is InChI=1S/C17H22N2/c1-4-10-18-16(12-13(2)3)17-15-8-6-5-7-14(15)9-11-19-17/h5-9,11,16,18H,2,4,10,12H2,1,3H3. The van der Waals surface area contributed by atoms with Crippen molar-refractivity contribution < 1.29 is 0 Å². The number of pyridine rings is 1. The molecular formula is C17H22N2. The molecule has 0 fully saturated rings. The first-order valence-corrected chi connectivity index (χ1v) is 6.93. The van der Waals surface area contributed by atoms with Crippen molar-refractivity contribution >= 4 is 10.8 Å². The SMILES string of the molecule is C=C(C)CC(NCCC)c1nccc2ccccc12. The zero-order valence-corrected chi connectivity index (χ0v) is 11.8. The van der Waals surface area contributed by atoms with Crippen LogP contribution in [0.15, 0.2) is 48.7 Å². The van der Waals surface area contributed by atoms with Gasteiger partial charge >= 0.3 is 0 Å². The highest BCUT2D eigenvalue weighted by molar-refractivity contribution is 5.84. The van der Waals surface area contributed by atoms with Crippen molar-refractivity contribution in [2.75, 3.05) is 6.54 Å². The molecule has 0 amide bonds. The third-order valence-corrected chi connectivity index (χ3v) is 3.23. The number of rotatable bonds is 6. The maximum Gasteiger partial charge on any atom is 0.0654 e. The Bertz CT molecular complexity index is 555. The summed E-state index contributed by atoms with van der Waals surface area (Å²) < 4.78 is 0. The van der Waals surface area contributed by atoms with Gasteiger partial charge in [-0.1, -0.05) is 36.8 Å². The molecule has 1 aromatic carbocycles. The minimum Gasteiger partial charge on any atom is -0.308 e. The van der Waals surface area contributed by atoms with Crippen LogP contribution in [0, 0.1) is 0 Å². The van der Waals surface area contributed by atoms with E-state index >= 15 is 0 Å². The normalized spacial score (nSPS) is 12.5. The van der Waals surface area contributed by atoms with Crippen LogP contribution in [0.1, 0.15) is 38.4 Å². The number of nitrogens with one attached hydrogen (secondary N) is 1. The maximum atomic E-state index is 4.61. The topological polar surface area (TPSA) is 24.9 Å². The summed E-state index contributed by atoms with van der Waals surface area (Å²) in [6, 6.07) is 10.7. The van der Waals surface area contributed by atoms with Gasteiger partial charge in [-0.3, -0.25) is 4.98 Å². The lowest BCUT2D eigenvalue weighted by Crippen LogP contribution is -2.23. The molecule has 0 aliphatic heterocycles. The van der Waals surface area contributed by atoms with Gasteiger partial charge in [0.2, 0.25) is 0 Å². The molecule has 1 heterocycles. The highest BCUT2D eigenvalue weighted by atomic mass is 14.9. The summed E-state index contributed by atoms with van der Waals surface area (Å²) in [7, 11) is 0. The maximum absolute atomic E-state index is 4.61. The summed E-state index contributed by atoms with van der Waals surface area (Å²) in [5.74, 6) is 0. The fraction of sp³-hybridized carbons (Fsp3) is 0.353. The lowest BCUT2D eigenvalue weighted by molar-refractivity contribution is 0.520. The van der Waals surface area contributed by atoms with Gasteiger partial charge in [0.15, 0.2) is 0 Å². The molecule has 1 unspecified atom stereocenters. The lowest BCUT2D eigenvalue weighted by atomic mass is 10.00. The Hall–Kier alpha value is -1.67. The van der Waals surface area contributed by atoms with Crippen LogP contribution in [0.25, 0.3) is 10.8 Å². The van der Waals surface area contributed by atoms with E-state index in [1.807, 2.05) is 6.20 Å². The molecule has 2 rings (SSSR count). The Balaban J connectivity index is 2.39. The van der Waals surface area contributed by atoms with E-state index in [0.29, 0.717) is 0 Å². The van der Waals surface area contributed by atoms with E-state index in [4.69, 9.17) is 0 Å². The fourth-order valence-corrected chi connectivity index (χ4v) is 2.35. The number of hydrogen-bond acceptors (Lipinski definition) is 2. The second kappa shape index (κ2) is 6.48. The van der Waals surface area contributed by atoms with E-state index in [0.717, 1.165) is 25.1 Å². The molecule has 0 bridgehead atoms. The molecule has 0 saturated heterocycles. The van der Waals surface area contributed by atoms with Gasteiger partial charge < -0.3 is 5.32 Å². The first-order valence-electron chi connectivity index (χ1n) is 6.93. The molecule has 0 aliphatic rings. The monoisotopic (exact) mass is 254 g/mol. The minimum absolute atomic E-state index is 0.253. The van der Waals surface area contributed by atoms with Crippen molar-refractivity contribution in [1.82, 2.24) is 10.3 Å². The van der Waals surface area contributed by atoms with Crippen LogP contribution in [0.3, 0.4) is 0 Å². The molecule has 1 aromatic heterocycles. The lowest BCUT2D eigenvalue weighted by Gasteiger charge is -2.19. The first-order chi connectivity index (χ1) is 9.22. The Morgan fingerprint density at radius 1 is 1.32 bits per heavy atom. The van der Waals surface area contributed by atoms with Crippen molar-refractivity contribution in [2.45, 2.75) is 32.7 Å². The van der Waals surface area contributed by atoms with E-state index < -0.39 is 0 Å². The van der Waals surface area contributed by atoms with E-state index in [2.05, 4.69) is 61.1 Å². The van der Waals surface area contributed by atoms with Crippen molar-refractivity contribution in [2.24, 2.45) is 0 Å². The van der Waals surface area contributed by atoms with Crippen LogP contribution in [-0.4, -0.2) is 11.5 Å². The average molecular weight is 254 g/mol. The van der Waals surface area contributed by atoms with Gasteiger partial charge in [-0.25, -0.2) is 0 Å². The van der Waals surface area contributed by atoms with Gasteiger partial charge in [0, 0.05) is 11.6 Å². The highest BCUT2D eigenvalue weighted by Gasteiger charge is 2.15. The molecule has 0 saturated carbocycles. The molecule has 2 aromatic rings. The van der Waals surface area contributed by atoms with Crippen molar-refractivity contribution in [3.05, 3.63) is 54.4 Å². The Morgan fingerprint density at radius 2 is 2.11 bits per heavy atom. The van der Waals surface area contributed by atoms with Crippen molar-refractivity contribution in [1.29, 1.82) is 0 Å². The zero-order chi connectivity index (χ0) is 13.7. The molecule has 0 spiro atoms. The molecule has 1 N–H and O–H groups in total. The minimum atomic E-state index is 0.253. The van der Waals surface area contributed by atoms with Gasteiger partial charge in [-0.15, -0.1) is 6.58 Å². The molecule has 0 radical (unpaired) electrons. The Kier molecular flexibility index (Phi) is 4.69. The quantitative estimate of drug-likeness (QED) is 0.780. The molecule has 2 nitrogen and oxygen atoms in total. The van der Waals surface area contributed by atoms with Crippen LogP contribution in [0.2, 0.25) is 0 Å². The summed E-state index contributed by atoms with van der Waals surface area (Å²) >= 11 is 0. The summed E-state index contributed by atoms with van der Waals surface area (Å²) in [4.78, 5) is 4.61. The molecule has 2 heteroatoms. The van der Waals surface area contributed by atoms with E-state index in [-0.39, 0.29) is 6.04 Å². The van der Waals surface area contributed by atoms with Crippen LogP contribution in [0.4, 0.5) is 0 Å². The number of hydrogen-bond donors (Lipinski definition) is 1. The van der Waals surface area contributed by atoms with E-state index in [1.165, 1.54) is 16.3 Å². The summed E-state index contributed by atoms with van der Waals surface area (Å²) in [5.41, 5.74) is 2.32. The first kappa shape index (κ1) is 13.8. The summed E-state index contributed by atoms with van der Waals surface area (Å²) in [5, 5.41) is 6.07. The Labute approximate surface area is 115 Å². The third-order valence-electron chi connectivity index (χ3n) is 3.23. The smallest absolute Gasteiger partial charge is 0.0654 e. The number of aromatic nitrogens is 1. The van der Waals surface area contributed by atoms with Gasteiger partial charge in [-0.2, -0.15) is 0 Å². The molecule has 100 valence electrons. The number of benzene rings is 1. The third kappa shape index (κ3) is 3.42. The second-order valence-corrected chi connectivity index (χ2v) is 5.09. The number of nitrogens with zero attached hydrogens (tertiary/aromatic N) is 1.